The van der Waals surface area contributed by atoms with Crippen LogP contribution in [0, 0.1) is 0 Å². The minimum atomic E-state index is -0.347. The molecule has 0 aromatic heterocycles. The van der Waals surface area contributed by atoms with E-state index in [1.807, 2.05) is 27.7 Å². The summed E-state index contributed by atoms with van der Waals surface area (Å²) in [5, 5.41) is 1.75. The number of rotatable bonds is 4. The predicted octanol–water partition coefficient (Wildman–Crippen LogP) is 3.97. The van der Waals surface area contributed by atoms with Gasteiger partial charge in [-0.25, -0.2) is 9.59 Å². The summed E-state index contributed by atoms with van der Waals surface area (Å²) in [7, 11) is 0. The molecule has 0 aliphatic carbocycles. The Kier molecular flexibility index (Phi) is 4.81. The van der Waals surface area contributed by atoms with Crippen molar-refractivity contribution in [2.24, 2.45) is 0 Å². The Bertz CT molecular complexity index is 640. The summed E-state index contributed by atoms with van der Waals surface area (Å²) in [5.74, 6) is -0.694. The Morgan fingerprint density at radius 2 is 1.09 bits per heavy atom. The lowest BCUT2D eigenvalue weighted by atomic mass is 10.0. The molecule has 0 aliphatic heterocycles. The summed E-state index contributed by atoms with van der Waals surface area (Å²) in [6.07, 6.45) is -0.312. The number of benzene rings is 2. The zero-order valence-corrected chi connectivity index (χ0v) is 13.3. The highest BCUT2D eigenvalue weighted by Gasteiger charge is 2.12. The van der Waals surface area contributed by atoms with Gasteiger partial charge >= 0.3 is 11.9 Å². The summed E-state index contributed by atoms with van der Waals surface area (Å²) >= 11 is 0. The molecule has 0 fully saturated rings. The molecule has 0 unspecified atom stereocenters. The maximum absolute atomic E-state index is 11.9. The van der Waals surface area contributed by atoms with Crippen molar-refractivity contribution in [3.63, 3.8) is 0 Å². The fourth-order valence-electron chi connectivity index (χ4n) is 2.06. The molecule has 0 saturated carbocycles. The first-order valence-electron chi connectivity index (χ1n) is 7.32. The molecule has 0 atom stereocenters. The Morgan fingerprint density at radius 3 is 1.41 bits per heavy atom. The van der Waals surface area contributed by atoms with Crippen LogP contribution in [0.25, 0.3) is 10.8 Å². The predicted molar refractivity (Wildman–Crippen MR) is 85.1 cm³/mol. The van der Waals surface area contributed by atoms with Gasteiger partial charge in [0.05, 0.1) is 23.3 Å². The van der Waals surface area contributed by atoms with Crippen LogP contribution < -0.4 is 0 Å². The molecular weight excluding hydrogens is 280 g/mol. The van der Waals surface area contributed by atoms with Gasteiger partial charge in [0.15, 0.2) is 0 Å². The molecule has 0 N–H and O–H groups in total. The average molecular weight is 300 g/mol. The third kappa shape index (κ3) is 3.85. The van der Waals surface area contributed by atoms with E-state index in [0.717, 1.165) is 10.8 Å². The van der Waals surface area contributed by atoms with Crippen molar-refractivity contribution in [2.45, 2.75) is 39.9 Å². The van der Waals surface area contributed by atoms with E-state index >= 15 is 0 Å². The minimum absolute atomic E-state index is 0.156. The van der Waals surface area contributed by atoms with Crippen LogP contribution in [0.3, 0.4) is 0 Å². The van der Waals surface area contributed by atoms with E-state index in [2.05, 4.69) is 0 Å². The van der Waals surface area contributed by atoms with E-state index in [0.29, 0.717) is 11.1 Å². The van der Waals surface area contributed by atoms with Crippen molar-refractivity contribution in [3.05, 3.63) is 47.5 Å². The SMILES string of the molecule is CC(C)OC(=O)c1ccc2cc(C(=O)OC(C)C)ccc2c1. The summed E-state index contributed by atoms with van der Waals surface area (Å²) in [6, 6.07) is 10.5. The molecule has 2 rings (SSSR count). The van der Waals surface area contributed by atoms with Crippen LogP contribution in [0.1, 0.15) is 48.4 Å². The van der Waals surface area contributed by atoms with E-state index in [1.54, 1.807) is 36.4 Å². The molecule has 2 aromatic rings. The third-order valence-corrected chi connectivity index (χ3v) is 3.00. The van der Waals surface area contributed by atoms with Crippen molar-refractivity contribution >= 4 is 22.7 Å². The van der Waals surface area contributed by atoms with Crippen LogP contribution in [-0.2, 0) is 9.47 Å². The first-order valence-corrected chi connectivity index (χ1v) is 7.32. The molecule has 0 saturated heterocycles. The highest BCUT2D eigenvalue weighted by molar-refractivity contribution is 5.99. The molecular formula is C18H20O4. The van der Waals surface area contributed by atoms with Gasteiger partial charge in [0.1, 0.15) is 0 Å². The van der Waals surface area contributed by atoms with E-state index in [1.165, 1.54) is 0 Å². The molecule has 0 spiro atoms. The number of carbonyl (C=O) groups is 2. The molecule has 4 nitrogen and oxygen atoms in total. The van der Waals surface area contributed by atoms with Crippen molar-refractivity contribution in [2.75, 3.05) is 0 Å². The van der Waals surface area contributed by atoms with Crippen molar-refractivity contribution in [1.82, 2.24) is 0 Å². The Labute approximate surface area is 130 Å². The quantitative estimate of drug-likeness (QED) is 0.802. The van der Waals surface area contributed by atoms with Crippen molar-refractivity contribution in [1.29, 1.82) is 0 Å². The van der Waals surface area contributed by atoms with Gasteiger partial charge in [0.25, 0.3) is 0 Å². The number of esters is 2. The van der Waals surface area contributed by atoms with Gasteiger partial charge < -0.3 is 9.47 Å². The molecule has 2 aromatic carbocycles. The number of carbonyl (C=O) groups excluding carboxylic acids is 2. The highest BCUT2D eigenvalue weighted by Crippen LogP contribution is 2.19. The lowest BCUT2D eigenvalue weighted by Crippen LogP contribution is -2.12. The molecule has 4 heteroatoms. The largest absolute Gasteiger partial charge is 0.459 e. The first-order chi connectivity index (χ1) is 10.4. The molecule has 0 amide bonds. The van der Waals surface area contributed by atoms with Crippen LogP contribution in [-0.4, -0.2) is 24.1 Å². The number of fused-ring (bicyclic) bond motifs is 1. The molecule has 0 aliphatic rings. The summed E-state index contributed by atoms with van der Waals surface area (Å²) < 4.78 is 10.4. The first kappa shape index (κ1) is 16.0. The topological polar surface area (TPSA) is 52.6 Å². The fourth-order valence-corrected chi connectivity index (χ4v) is 2.06. The number of ether oxygens (including phenoxy) is 2. The molecule has 0 heterocycles. The second-order valence-corrected chi connectivity index (χ2v) is 5.68. The normalized spacial score (nSPS) is 11.0. The lowest BCUT2D eigenvalue weighted by Gasteiger charge is -2.10. The van der Waals surface area contributed by atoms with Crippen LogP contribution in [0.5, 0.6) is 0 Å². The number of hydrogen-bond acceptors (Lipinski definition) is 4. The van der Waals surface area contributed by atoms with Crippen molar-refractivity contribution in [3.8, 4) is 0 Å². The van der Waals surface area contributed by atoms with Crippen LogP contribution in [0.4, 0.5) is 0 Å². The second-order valence-electron chi connectivity index (χ2n) is 5.68. The Morgan fingerprint density at radius 1 is 0.727 bits per heavy atom. The van der Waals surface area contributed by atoms with Gasteiger partial charge in [-0.15, -0.1) is 0 Å². The van der Waals surface area contributed by atoms with E-state index in [9.17, 15) is 9.59 Å². The zero-order valence-electron chi connectivity index (χ0n) is 13.3. The summed E-state index contributed by atoms with van der Waals surface area (Å²) in [4.78, 5) is 23.8. The van der Waals surface area contributed by atoms with Gasteiger partial charge in [-0.2, -0.15) is 0 Å². The van der Waals surface area contributed by atoms with E-state index in [4.69, 9.17) is 9.47 Å². The van der Waals surface area contributed by atoms with Gasteiger partial charge in [-0.05, 0) is 62.7 Å². The smallest absolute Gasteiger partial charge is 0.338 e. The van der Waals surface area contributed by atoms with Crippen LogP contribution >= 0.6 is 0 Å². The van der Waals surface area contributed by atoms with Gasteiger partial charge in [0, 0.05) is 0 Å². The monoisotopic (exact) mass is 300 g/mol. The standard InChI is InChI=1S/C18H20O4/c1-11(2)21-17(19)15-7-5-14-10-16(8-6-13(14)9-15)18(20)22-12(3)4/h5-12H,1-4H3. The zero-order chi connectivity index (χ0) is 16.3. The fraction of sp³-hybridized carbons (Fsp3) is 0.333. The van der Waals surface area contributed by atoms with E-state index < -0.39 is 0 Å². The van der Waals surface area contributed by atoms with Gasteiger partial charge in [-0.1, -0.05) is 12.1 Å². The number of hydrogen-bond donors (Lipinski definition) is 0. The second kappa shape index (κ2) is 6.60. The molecule has 22 heavy (non-hydrogen) atoms. The Hall–Kier alpha value is -2.36. The summed E-state index contributed by atoms with van der Waals surface area (Å²) in [5.41, 5.74) is 0.998. The maximum Gasteiger partial charge on any atom is 0.338 e. The minimum Gasteiger partial charge on any atom is -0.459 e. The van der Waals surface area contributed by atoms with Gasteiger partial charge in [-0.3, -0.25) is 0 Å². The average Bonchev–Trinajstić information content (AvgIpc) is 2.44. The summed E-state index contributed by atoms with van der Waals surface area (Å²) in [6.45, 7) is 7.24. The Balaban J connectivity index is 2.29. The van der Waals surface area contributed by atoms with E-state index in [-0.39, 0.29) is 24.1 Å². The van der Waals surface area contributed by atoms with Gasteiger partial charge in [0.2, 0.25) is 0 Å². The molecule has 116 valence electrons. The van der Waals surface area contributed by atoms with Crippen LogP contribution in [0.2, 0.25) is 0 Å². The maximum atomic E-state index is 11.9. The molecule has 0 radical (unpaired) electrons. The molecule has 0 bridgehead atoms. The van der Waals surface area contributed by atoms with Crippen LogP contribution in [0.15, 0.2) is 36.4 Å². The third-order valence-electron chi connectivity index (χ3n) is 3.00. The lowest BCUT2D eigenvalue weighted by molar-refractivity contribution is 0.0367. The highest BCUT2D eigenvalue weighted by atomic mass is 16.5. The van der Waals surface area contributed by atoms with Crippen molar-refractivity contribution < 1.29 is 19.1 Å².